The maximum Gasteiger partial charge on any atom is 0.573 e. The van der Waals surface area contributed by atoms with Crippen LogP contribution in [0.5, 0.6) is 11.5 Å². The third kappa shape index (κ3) is 4.32. The summed E-state index contributed by atoms with van der Waals surface area (Å²) in [5.41, 5.74) is 0.771. The van der Waals surface area contributed by atoms with Crippen LogP contribution in [0.2, 0.25) is 0 Å². The highest BCUT2D eigenvalue weighted by molar-refractivity contribution is 6.31. The maximum absolute atomic E-state index is 14.5. The predicted octanol–water partition coefficient (Wildman–Crippen LogP) is 4.81. The first-order chi connectivity index (χ1) is 13.2. The summed E-state index contributed by atoms with van der Waals surface area (Å²) in [6.45, 7) is 0.0521. The first-order valence-corrected chi connectivity index (χ1v) is 8.75. The molecule has 1 saturated heterocycles. The largest absolute Gasteiger partial charge is 0.573 e. The highest BCUT2D eigenvalue weighted by atomic mass is 35.5. The second-order valence-electron chi connectivity index (χ2n) is 6.23. The predicted molar refractivity (Wildman–Crippen MR) is 93.6 cm³/mol. The highest BCUT2D eigenvalue weighted by Gasteiger charge is 2.41. The lowest BCUT2D eigenvalue weighted by atomic mass is 10.0. The first kappa shape index (κ1) is 20.3. The number of halogens is 5. The third-order valence-corrected chi connectivity index (χ3v) is 4.80. The lowest BCUT2D eigenvalue weighted by molar-refractivity contribution is -0.274. The molecule has 9 heteroatoms. The van der Waals surface area contributed by atoms with E-state index in [9.17, 15) is 22.4 Å². The molecule has 0 N–H and O–H groups in total. The molecule has 0 aliphatic carbocycles. The molecule has 1 aliphatic heterocycles. The maximum atomic E-state index is 14.5. The molecule has 2 atom stereocenters. The van der Waals surface area contributed by atoms with Crippen LogP contribution in [-0.4, -0.2) is 29.7 Å². The molecule has 1 fully saturated rings. The molecule has 1 amide bonds. The van der Waals surface area contributed by atoms with Crippen LogP contribution in [0.15, 0.2) is 42.5 Å². The topological polar surface area (TPSA) is 38.8 Å². The molecular formula is C19H16ClF4NO3. The van der Waals surface area contributed by atoms with E-state index < -0.39 is 23.6 Å². The number of hydrogen-bond acceptors (Lipinski definition) is 3. The fourth-order valence-corrected chi connectivity index (χ4v) is 3.53. The first-order valence-electron chi connectivity index (χ1n) is 8.31. The van der Waals surface area contributed by atoms with E-state index in [2.05, 4.69) is 4.74 Å². The summed E-state index contributed by atoms with van der Waals surface area (Å²) in [5.74, 6) is -0.983. The number of methoxy groups -OCH3 is 1. The number of benzene rings is 2. The van der Waals surface area contributed by atoms with Crippen LogP contribution in [0, 0.1) is 5.82 Å². The van der Waals surface area contributed by atoms with Crippen molar-refractivity contribution in [2.75, 3.05) is 7.11 Å². The van der Waals surface area contributed by atoms with Crippen LogP contribution >= 0.6 is 11.6 Å². The summed E-state index contributed by atoms with van der Waals surface area (Å²) < 4.78 is 60.4. The van der Waals surface area contributed by atoms with Gasteiger partial charge in [-0.3, -0.25) is 4.79 Å². The Bertz CT molecular complexity index is 857. The standard InChI is InChI=1S/C19H16ClF4NO3/c1-27-16-4-2-3-14(21)17(16)15-9-13(20)18(26)25(15)10-11-5-7-12(8-6-11)28-19(22,23)24/h2-8,13,15H,9-10H2,1H3/t13-,15-/m0/s1. The number of amides is 1. The van der Waals surface area contributed by atoms with Gasteiger partial charge >= 0.3 is 6.36 Å². The summed E-state index contributed by atoms with van der Waals surface area (Å²) in [4.78, 5) is 13.9. The van der Waals surface area contributed by atoms with E-state index in [1.54, 1.807) is 6.07 Å². The molecule has 2 aromatic carbocycles. The number of alkyl halides is 4. The molecule has 0 radical (unpaired) electrons. The van der Waals surface area contributed by atoms with Gasteiger partial charge in [-0.2, -0.15) is 0 Å². The van der Waals surface area contributed by atoms with Crippen LogP contribution in [-0.2, 0) is 11.3 Å². The molecular weight excluding hydrogens is 402 g/mol. The van der Waals surface area contributed by atoms with E-state index in [4.69, 9.17) is 16.3 Å². The molecule has 2 aromatic rings. The Morgan fingerprint density at radius 3 is 2.46 bits per heavy atom. The zero-order chi connectivity index (χ0) is 20.5. The van der Waals surface area contributed by atoms with Gasteiger partial charge in [0.2, 0.25) is 5.91 Å². The van der Waals surface area contributed by atoms with Gasteiger partial charge in [-0.1, -0.05) is 18.2 Å². The molecule has 1 heterocycles. The van der Waals surface area contributed by atoms with Crippen molar-refractivity contribution < 1.29 is 31.8 Å². The van der Waals surface area contributed by atoms with Crippen LogP contribution < -0.4 is 9.47 Å². The van der Waals surface area contributed by atoms with Gasteiger partial charge < -0.3 is 14.4 Å². The van der Waals surface area contributed by atoms with Gasteiger partial charge in [0.25, 0.3) is 0 Å². The monoisotopic (exact) mass is 417 g/mol. The number of nitrogens with zero attached hydrogens (tertiary/aromatic N) is 1. The van der Waals surface area contributed by atoms with Gasteiger partial charge in [0, 0.05) is 6.54 Å². The Balaban J connectivity index is 1.86. The summed E-state index contributed by atoms with van der Waals surface area (Å²) in [7, 11) is 1.40. The van der Waals surface area contributed by atoms with E-state index in [0.717, 1.165) is 12.1 Å². The Labute approximate surface area is 163 Å². The van der Waals surface area contributed by atoms with Crippen molar-refractivity contribution >= 4 is 17.5 Å². The average Bonchev–Trinajstić information content (AvgIpc) is 2.90. The molecule has 28 heavy (non-hydrogen) atoms. The van der Waals surface area contributed by atoms with Crippen molar-refractivity contribution in [3.05, 3.63) is 59.4 Å². The Morgan fingerprint density at radius 2 is 1.86 bits per heavy atom. The number of carbonyl (C=O) groups excluding carboxylic acids is 1. The summed E-state index contributed by atoms with van der Waals surface area (Å²) in [5, 5.41) is -0.831. The van der Waals surface area contributed by atoms with E-state index >= 15 is 0 Å². The second-order valence-corrected chi connectivity index (χ2v) is 6.76. The zero-order valence-electron chi connectivity index (χ0n) is 14.7. The summed E-state index contributed by atoms with van der Waals surface area (Å²) in [6.07, 6.45) is -4.60. The van der Waals surface area contributed by atoms with Crippen molar-refractivity contribution in [3.63, 3.8) is 0 Å². The fraction of sp³-hybridized carbons (Fsp3) is 0.316. The van der Waals surface area contributed by atoms with E-state index in [0.29, 0.717) is 11.3 Å². The van der Waals surface area contributed by atoms with Crippen molar-refractivity contribution in [1.29, 1.82) is 0 Å². The summed E-state index contributed by atoms with van der Waals surface area (Å²) in [6, 6.07) is 8.82. The second kappa shape index (κ2) is 7.87. The lowest BCUT2D eigenvalue weighted by Gasteiger charge is -2.26. The van der Waals surface area contributed by atoms with Crippen LogP contribution in [0.25, 0.3) is 0 Å². The van der Waals surface area contributed by atoms with Gasteiger partial charge in [-0.05, 0) is 36.2 Å². The molecule has 0 aromatic heterocycles. The van der Waals surface area contributed by atoms with E-state index in [1.165, 1.54) is 36.3 Å². The Kier molecular flexibility index (Phi) is 5.69. The number of ether oxygens (including phenoxy) is 2. The zero-order valence-corrected chi connectivity index (χ0v) is 15.4. The fourth-order valence-electron chi connectivity index (χ4n) is 3.23. The number of likely N-dealkylation sites (tertiary alicyclic amines) is 1. The van der Waals surface area contributed by atoms with Gasteiger partial charge in [0.05, 0.1) is 18.7 Å². The van der Waals surface area contributed by atoms with Crippen LogP contribution in [0.3, 0.4) is 0 Å². The van der Waals surface area contributed by atoms with Crippen LogP contribution in [0.4, 0.5) is 17.6 Å². The van der Waals surface area contributed by atoms with Crippen molar-refractivity contribution in [1.82, 2.24) is 4.90 Å². The van der Waals surface area contributed by atoms with Gasteiger partial charge in [0.15, 0.2) is 0 Å². The van der Waals surface area contributed by atoms with Crippen molar-refractivity contribution in [2.45, 2.75) is 30.7 Å². The smallest absolute Gasteiger partial charge is 0.496 e. The number of carbonyl (C=O) groups is 1. The summed E-state index contributed by atoms with van der Waals surface area (Å²) >= 11 is 6.11. The molecule has 3 rings (SSSR count). The number of rotatable bonds is 5. The normalized spacial score (nSPS) is 19.8. The minimum atomic E-state index is -4.79. The Hall–Kier alpha value is -2.48. The Morgan fingerprint density at radius 1 is 1.18 bits per heavy atom. The van der Waals surface area contributed by atoms with Crippen molar-refractivity contribution in [3.8, 4) is 11.5 Å². The van der Waals surface area contributed by atoms with Gasteiger partial charge in [0.1, 0.15) is 22.7 Å². The lowest BCUT2D eigenvalue weighted by Crippen LogP contribution is -2.30. The van der Waals surface area contributed by atoms with Gasteiger partial charge in [-0.15, -0.1) is 24.8 Å². The molecule has 4 nitrogen and oxygen atoms in total. The minimum absolute atomic E-state index is 0.0521. The quantitative estimate of drug-likeness (QED) is 0.517. The molecule has 150 valence electrons. The van der Waals surface area contributed by atoms with E-state index in [1.807, 2.05) is 0 Å². The van der Waals surface area contributed by atoms with Gasteiger partial charge in [-0.25, -0.2) is 4.39 Å². The minimum Gasteiger partial charge on any atom is -0.496 e. The number of hydrogen-bond donors (Lipinski definition) is 0. The SMILES string of the molecule is COc1cccc(F)c1[C@@H]1C[C@H](Cl)C(=O)N1Cc1ccc(OC(F)(F)F)cc1. The van der Waals surface area contributed by atoms with E-state index in [-0.39, 0.29) is 30.2 Å². The molecule has 0 unspecified atom stereocenters. The third-order valence-electron chi connectivity index (χ3n) is 4.43. The van der Waals surface area contributed by atoms with Crippen LogP contribution in [0.1, 0.15) is 23.6 Å². The van der Waals surface area contributed by atoms with Crippen molar-refractivity contribution in [2.24, 2.45) is 0 Å². The molecule has 0 spiro atoms. The average molecular weight is 418 g/mol. The molecule has 1 aliphatic rings. The molecule has 0 bridgehead atoms. The molecule has 0 saturated carbocycles. The highest BCUT2D eigenvalue weighted by Crippen LogP contribution is 2.41.